The van der Waals surface area contributed by atoms with Crippen molar-refractivity contribution in [2.75, 3.05) is 20.1 Å². The molecule has 2 fully saturated rings. The maximum atomic E-state index is 3.68. The summed E-state index contributed by atoms with van der Waals surface area (Å²) in [5.41, 5.74) is 0. The molecule has 2 rings (SSSR count). The maximum absolute atomic E-state index is 3.68. The van der Waals surface area contributed by atoms with Crippen LogP contribution in [-0.4, -0.2) is 37.1 Å². The summed E-state index contributed by atoms with van der Waals surface area (Å²) in [7, 11) is 2.31. The highest BCUT2D eigenvalue weighted by Crippen LogP contribution is 2.25. The van der Waals surface area contributed by atoms with E-state index in [1.165, 1.54) is 51.6 Å². The fourth-order valence-corrected chi connectivity index (χ4v) is 2.93. The molecule has 0 aromatic heterocycles. The van der Waals surface area contributed by atoms with Gasteiger partial charge in [0.05, 0.1) is 0 Å². The third-order valence-electron chi connectivity index (χ3n) is 4.39. The number of piperidine rings is 1. The largest absolute Gasteiger partial charge is 0.313 e. The molecule has 2 nitrogen and oxygen atoms in total. The van der Waals surface area contributed by atoms with E-state index >= 15 is 0 Å². The van der Waals surface area contributed by atoms with Gasteiger partial charge in [0, 0.05) is 18.6 Å². The van der Waals surface area contributed by atoms with Gasteiger partial charge in [-0.05, 0) is 45.2 Å². The summed E-state index contributed by atoms with van der Waals surface area (Å²) in [6.45, 7) is 4.84. The van der Waals surface area contributed by atoms with Gasteiger partial charge in [-0.15, -0.1) is 0 Å². The lowest BCUT2D eigenvalue weighted by atomic mass is 9.88. The molecule has 2 aliphatic rings. The number of hydrogen-bond donors (Lipinski definition) is 1. The molecule has 1 aliphatic carbocycles. The van der Waals surface area contributed by atoms with Gasteiger partial charge < -0.3 is 10.2 Å². The zero-order chi connectivity index (χ0) is 10.7. The van der Waals surface area contributed by atoms with Gasteiger partial charge in [-0.3, -0.25) is 0 Å². The smallest absolute Gasteiger partial charge is 0.0197 e. The predicted octanol–water partition coefficient (Wildman–Crippen LogP) is 2.25. The first-order valence-electron chi connectivity index (χ1n) is 6.73. The number of likely N-dealkylation sites (N-methyl/N-ethyl adjacent to an activating group) is 1. The fourth-order valence-electron chi connectivity index (χ4n) is 2.93. The number of nitrogens with zero attached hydrogens (tertiary/aromatic N) is 1. The molecule has 0 radical (unpaired) electrons. The van der Waals surface area contributed by atoms with E-state index in [1.807, 2.05) is 0 Å². The lowest BCUT2D eigenvalue weighted by Crippen LogP contribution is -2.48. The first kappa shape index (κ1) is 11.4. The molecule has 1 aliphatic heterocycles. The molecular formula is C13H26N2. The summed E-state index contributed by atoms with van der Waals surface area (Å²) in [5.74, 6) is 0.978. The SMILES string of the molecule is CCC1CCNC(CN(C)C2CCC2)C1. The van der Waals surface area contributed by atoms with Crippen LogP contribution in [0.15, 0.2) is 0 Å². The van der Waals surface area contributed by atoms with Gasteiger partial charge >= 0.3 is 0 Å². The van der Waals surface area contributed by atoms with Crippen LogP contribution in [0.5, 0.6) is 0 Å². The lowest BCUT2D eigenvalue weighted by Gasteiger charge is -2.39. The summed E-state index contributed by atoms with van der Waals surface area (Å²) in [4.78, 5) is 2.58. The number of rotatable bonds is 4. The van der Waals surface area contributed by atoms with Crippen LogP contribution in [0.4, 0.5) is 0 Å². The van der Waals surface area contributed by atoms with Crippen molar-refractivity contribution in [1.29, 1.82) is 0 Å². The van der Waals surface area contributed by atoms with E-state index in [4.69, 9.17) is 0 Å². The second kappa shape index (κ2) is 5.31. The molecule has 0 aromatic carbocycles. The van der Waals surface area contributed by atoms with Crippen molar-refractivity contribution < 1.29 is 0 Å². The van der Waals surface area contributed by atoms with Crippen LogP contribution in [0.1, 0.15) is 45.4 Å². The van der Waals surface area contributed by atoms with Crippen molar-refractivity contribution in [3.05, 3.63) is 0 Å². The molecular weight excluding hydrogens is 184 g/mol. The van der Waals surface area contributed by atoms with Crippen LogP contribution in [0.25, 0.3) is 0 Å². The van der Waals surface area contributed by atoms with Crippen LogP contribution in [0.3, 0.4) is 0 Å². The third kappa shape index (κ3) is 2.94. The van der Waals surface area contributed by atoms with Crippen molar-refractivity contribution in [3.8, 4) is 0 Å². The van der Waals surface area contributed by atoms with E-state index in [0.29, 0.717) is 0 Å². The monoisotopic (exact) mass is 210 g/mol. The molecule has 88 valence electrons. The Kier molecular flexibility index (Phi) is 4.04. The molecule has 0 bridgehead atoms. The number of nitrogens with one attached hydrogen (secondary N) is 1. The Bertz CT molecular complexity index is 189. The summed E-state index contributed by atoms with van der Waals surface area (Å²) in [5, 5.41) is 3.68. The van der Waals surface area contributed by atoms with E-state index < -0.39 is 0 Å². The molecule has 2 atom stereocenters. The molecule has 0 amide bonds. The van der Waals surface area contributed by atoms with Crippen molar-refractivity contribution in [2.24, 2.45) is 5.92 Å². The Morgan fingerprint density at radius 1 is 1.27 bits per heavy atom. The molecule has 0 spiro atoms. The highest BCUT2D eigenvalue weighted by molar-refractivity contribution is 4.84. The van der Waals surface area contributed by atoms with E-state index in [1.54, 1.807) is 0 Å². The average molecular weight is 210 g/mol. The lowest BCUT2D eigenvalue weighted by molar-refractivity contribution is 0.130. The first-order chi connectivity index (χ1) is 7.29. The van der Waals surface area contributed by atoms with Crippen molar-refractivity contribution >= 4 is 0 Å². The van der Waals surface area contributed by atoms with E-state index in [2.05, 4.69) is 24.2 Å². The Morgan fingerprint density at radius 3 is 2.67 bits per heavy atom. The molecule has 1 heterocycles. The van der Waals surface area contributed by atoms with Crippen LogP contribution in [-0.2, 0) is 0 Å². The van der Waals surface area contributed by atoms with Gasteiger partial charge in [0.15, 0.2) is 0 Å². The van der Waals surface area contributed by atoms with Crippen LogP contribution in [0, 0.1) is 5.92 Å². The Balaban J connectivity index is 1.72. The minimum Gasteiger partial charge on any atom is -0.313 e. The summed E-state index contributed by atoms with van der Waals surface area (Å²) in [6.07, 6.45) is 8.46. The summed E-state index contributed by atoms with van der Waals surface area (Å²) < 4.78 is 0. The highest BCUT2D eigenvalue weighted by atomic mass is 15.2. The normalized spacial score (nSPS) is 33.0. The summed E-state index contributed by atoms with van der Waals surface area (Å²) in [6, 6.07) is 1.66. The van der Waals surface area contributed by atoms with Crippen LogP contribution in [0.2, 0.25) is 0 Å². The van der Waals surface area contributed by atoms with Gasteiger partial charge in [-0.2, -0.15) is 0 Å². The second-order valence-corrected chi connectivity index (χ2v) is 5.47. The standard InChI is InChI=1S/C13H26N2/c1-3-11-7-8-14-12(9-11)10-15(2)13-5-4-6-13/h11-14H,3-10H2,1-2H3. The molecule has 2 heteroatoms. The van der Waals surface area contributed by atoms with Gasteiger partial charge in [-0.1, -0.05) is 19.8 Å². The van der Waals surface area contributed by atoms with Crippen LogP contribution >= 0.6 is 0 Å². The van der Waals surface area contributed by atoms with Gasteiger partial charge in [-0.25, -0.2) is 0 Å². The molecule has 1 saturated carbocycles. The minimum atomic E-state index is 0.759. The van der Waals surface area contributed by atoms with Crippen LogP contribution < -0.4 is 5.32 Å². The van der Waals surface area contributed by atoms with Gasteiger partial charge in [0.25, 0.3) is 0 Å². The Morgan fingerprint density at radius 2 is 2.07 bits per heavy atom. The molecule has 15 heavy (non-hydrogen) atoms. The maximum Gasteiger partial charge on any atom is 0.0197 e. The topological polar surface area (TPSA) is 15.3 Å². The molecule has 0 aromatic rings. The quantitative estimate of drug-likeness (QED) is 0.765. The Hall–Kier alpha value is -0.0800. The van der Waals surface area contributed by atoms with E-state index in [9.17, 15) is 0 Å². The Labute approximate surface area is 94.4 Å². The zero-order valence-electron chi connectivity index (χ0n) is 10.3. The predicted molar refractivity (Wildman–Crippen MR) is 65.1 cm³/mol. The third-order valence-corrected chi connectivity index (χ3v) is 4.39. The van der Waals surface area contributed by atoms with Crippen molar-refractivity contribution in [3.63, 3.8) is 0 Å². The first-order valence-corrected chi connectivity index (χ1v) is 6.73. The molecule has 2 unspecified atom stereocenters. The van der Waals surface area contributed by atoms with Crippen molar-refractivity contribution in [2.45, 2.75) is 57.5 Å². The van der Waals surface area contributed by atoms with Crippen molar-refractivity contribution in [1.82, 2.24) is 10.2 Å². The minimum absolute atomic E-state index is 0.759. The van der Waals surface area contributed by atoms with Gasteiger partial charge in [0.1, 0.15) is 0 Å². The van der Waals surface area contributed by atoms with E-state index in [-0.39, 0.29) is 0 Å². The average Bonchev–Trinajstić information content (AvgIpc) is 2.15. The van der Waals surface area contributed by atoms with E-state index in [0.717, 1.165) is 18.0 Å². The molecule has 1 saturated heterocycles. The zero-order valence-corrected chi connectivity index (χ0v) is 10.3. The highest BCUT2D eigenvalue weighted by Gasteiger charge is 2.26. The number of hydrogen-bond acceptors (Lipinski definition) is 2. The fraction of sp³-hybridized carbons (Fsp3) is 1.00. The second-order valence-electron chi connectivity index (χ2n) is 5.47. The molecule has 1 N–H and O–H groups in total. The summed E-state index contributed by atoms with van der Waals surface area (Å²) >= 11 is 0. The van der Waals surface area contributed by atoms with Gasteiger partial charge in [0.2, 0.25) is 0 Å².